The van der Waals surface area contributed by atoms with E-state index in [1.807, 2.05) is 0 Å². The average Bonchev–Trinajstić information content (AvgIpc) is 2.43. The molecule has 1 aromatic carbocycles. The lowest BCUT2D eigenvalue weighted by Gasteiger charge is -2.20. The molecule has 2 atom stereocenters. The summed E-state index contributed by atoms with van der Waals surface area (Å²) in [6, 6.07) is 2.97. The number of nitro groups is 1. The molecule has 0 amide bonds. The molecule has 2 unspecified atom stereocenters. The molecular weight excluding hydrogens is 300 g/mol. The number of carbonyl (C=O) groups is 1. The van der Waals surface area contributed by atoms with E-state index >= 15 is 0 Å². The first kappa shape index (κ1) is 17.1. The summed E-state index contributed by atoms with van der Waals surface area (Å²) >= 11 is 0. The lowest BCUT2D eigenvalue weighted by atomic mass is 10.0. The van der Waals surface area contributed by atoms with Crippen molar-refractivity contribution in [3.63, 3.8) is 0 Å². The largest absolute Gasteiger partial charge is 0.480 e. The first-order chi connectivity index (χ1) is 9.69. The third-order valence-electron chi connectivity index (χ3n) is 3.12. The van der Waals surface area contributed by atoms with Crippen molar-refractivity contribution in [1.29, 1.82) is 0 Å². The fourth-order valence-electron chi connectivity index (χ4n) is 1.63. The Morgan fingerprint density at radius 1 is 1.38 bits per heavy atom. The average molecular weight is 316 g/mol. The number of nitro benzene ring substituents is 1. The van der Waals surface area contributed by atoms with Crippen molar-refractivity contribution < 1.29 is 23.2 Å². The number of carboxylic acid groups (broad SMARTS) is 1. The van der Waals surface area contributed by atoms with Crippen LogP contribution < -0.4 is 4.72 Å². The van der Waals surface area contributed by atoms with Crippen LogP contribution in [0.4, 0.5) is 5.69 Å². The maximum Gasteiger partial charge on any atom is 0.322 e. The van der Waals surface area contributed by atoms with Gasteiger partial charge in [0.2, 0.25) is 10.0 Å². The highest BCUT2D eigenvalue weighted by atomic mass is 32.2. The molecule has 2 N–H and O–H groups in total. The topological polar surface area (TPSA) is 127 Å². The van der Waals surface area contributed by atoms with Gasteiger partial charge in [-0.1, -0.05) is 20.3 Å². The number of non-ortho nitro benzene ring substituents is 1. The second kappa shape index (κ2) is 6.64. The monoisotopic (exact) mass is 316 g/mol. The number of rotatable bonds is 7. The van der Waals surface area contributed by atoms with E-state index in [-0.39, 0.29) is 10.6 Å². The van der Waals surface area contributed by atoms with E-state index in [2.05, 4.69) is 4.72 Å². The van der Waals surface area contributed by atoms with Gasteiger partial charge in [-0.2, -0.15) is 4.72 Å². The van der Waals surface area contributed by atoms with Gasteiger partial charge in [-0.3, -0.25) is 14.9 Å². The summed E-state index contributed by atoms with van der Waals surface area (Å²) in [6.45, 7) is 3.37. The molecule has 21 heavy (non-hydrogen) atoms. The van der Waals surface area contributed by atoms with Crippen LogP contribution in [0.1, 0.15) is 20.3 Å². The van der Waals surface area contributed by atoms with Crippen LogP contribution in [0, 0.1) is 16.0 Å². The number of benzene rings is 1. The first-order valence-electron chi connectivity index (χ1n) is 6.18. The molecule has 0 fully saturated rings. The van der Waals surface area contributed by atoms with Crippen LogP contribution in [0.25, 0.3) is 0 Å². The molecule has 0 spiro atoms. The molecule has 9 heteroatoms. The third-order valence-corrected chi connectivity index (χ3v) is 4.58. The van der Waals surface area contributed by atoms with Crippen molar-refractivity contribution in [1.82, 2.24) is 4.72 Å². The van der Waals surface area contributed by atoms with Gasteiger partial charge in [-0.05, 0) is 18.1 Å². The predicted octanol–water partition coefficient (Wildman–Crippen LogP) is 1.37. The van der Waals surface area contributed by atoms with Gasteiger partial charge in [-0.15, -0.1) is 0 Å². The number of nitrogens with zero attached hydrogens (tertiary/aromatic N) is 1. The Labute approximate surface area is 122 Å². The van der Waals surface area contributed by atoms with E-state index in [1.54, 1.807) is 13.8 Å². The number of sulfonamides is 1. The minimum atomic E-state index is -4.06. The standard InChI is InChI=1S/C12H16N2O6S/c1-3-8(2)11(12(15)16)13-21(19,20)10-6-4-9(5-7-10)14(17)18/h4-8,11,13H,3H2,1-2H3,(H,15,16). The Kier molecular flexibility index (Phi) is 5.39. The lowest BCUT2D eigenvalue weighted by molar-refractivity contribution is -0.384. The molecular formula is C12H16N2O6S. The highest BCUT2D eigenvalue weighted by Crippen LogP contribution is 2.17. The lowest BCUT2D eigenvalue weighted by Crippen LogP contribution is -2.44. The quantitative estimate of drug-likeness (QED) is 0.578. The van der Waals surface area contributed by atoms with Crippen LogP contribution in [-0.2, 0) is 14.8 Å². The molecule has 0 saturated carbocycles. The van der Waals surface area contributed by atoms with Crippen molar-refractivity contribution in [3.05, 3.63) is 34.4 Å². The molecule has 8 nitrogen and oxygen atoms in total. The highest BCUT2D eigenvalue weighted by molar-refractivity contribution is 7.89. The van der Waals surface area contributed by atoms with Crippen LogP contribution in [0.2, 0.25) is 0 Å². The summed E-state index contributed by atoms with van der Waals surface area (Å²) in [6.07, 6.45) is 0.486. The second-order valence-electron chi connectivity index (χ2n) is 4.57. The molecule has 1 aromatic rings. The summed E-state index contributed by atoms with van der Waals surface area (Å²) in [4.78, 5) is 20.8. The smallest absolute Gasteiger partial charge is 0.322 e. The fourth-order valence-corrected chi connectivity index (χ4v) is 2.93. The molecule has 0 aliphatic heterocycles. The normalized spacial score (nSPS) is 14.4. The Morgan fingerprint density at radius 2 is 1.90 bits per heavy atom. The number of carboxylic acids is 1. The summed E-state index contributed by atoms with van der Waals surface area (Å²) in [5.74, 6) is -1.66. The van der Waals surface area contributed by atoms with E-state index in [0.29, 0.717) is 6.42 Å². The molecule has 0 aromatic heterocycles. The maximum absolute atomic E-state index is 12.1. The Hall–Kier alpha value is -2.00. The van der Waals surface area contributed by atoms with Crippen molar-refractivity contribution in [2.75, 3.05) is 0 Å². The van der Waals surface area contributed by atoms with Gasteiger partial charge < -0.3 is 5.11 Å². The van der Waals surface area contributed by atoms with E-state index in [9.17, 15) is 23.3 Å². The molecule has 1 rings (SSSR count). The van der Waals surface area contributed by atoms with E-state index < -0.39 is 32.9 Å². The van der Waals surface area contributed by atoms with E-state index in [1.165, 1.54) is 0 Å². The minimum absolute atomic E-state index is 0.220. The zero-order valence-electron chi connectivity index (χ0n) is 11.5. The number of hydrogen-bond acceptors (Lipinski definition) is 5. The fraction of sp³-hybridized carbons (Fsp3) is 0.417. The van der Waals surface area contributed by atoms with Gasteiger partial charge in [0.05, 0.1) is 9.82 Å². The number of hydrogen-bond donors (Lipinski definition) is 2. The molecule has 0 aliphatic rings. The van der Waals surface area contributed by atoms with Gasteiger partial charge in [-0.25, -0.2) is 8.42 Å². The van der Waals surface area contributed by atoms with Gasteiger partial charge in [0.1, 0.15) is 6.04 Å². The first-order valence-corrected chi connectivity index (χ1v) is 7.67. The van der Waals surface area contributed by atoms with Crippen LogP contribution >= 0.6 is 0 Å². The van der Waals surface area contributed by atoms with Gasteiger partial charge in [0.25, 0.3) is 5.69 Å². The zero-order chi connectivity index (χ0) is 16.2. The van der Waals surface area contributed by atoms with E-state index in [0.717, 1.165) is 24.3 Å². The summed E-state index contributed by atoms with van der Waals surface area (Å²) in [7, 11) is -4.06. The molecule has 0 heterocycles. The predicted molar refractivity (Wildman–Crippen MR) is 74.3 cm³/mol. The molecule has 116 valence electrons. The summed E-state index contributed by atoms with van der Waals surface area (Å²) < 4.78 is 26.3. The summed E-state index contributed by atoms with van der Waals surface area (Å²) in [5, 5.41) is 19.6. The van der Waals surface area contributed by atoms with Gasteiger partial charge in [0, 0.05) is 12.1 Å². The van der Waals surface area contributed by atoms with Crippen molar-refractivity contribution in [2.24, 2.45) is 5.92 Å². The minimum Gasteiger partial charge on any atom is -0.480 e. The van der Waals surface area contributed by atoms with Crippen LogP contribution in [0.5, 0.6) is 0 Å². The molecule has 0 saturated heterocycles. The third kappa shape index (κ3) is 4.23. The van der Waals surface area contributed by atoms with Gasteiger partial charge in [0.15, 0.2) is 0 Å². The molecule has 0 aliphatic carbocycles. The van der Waals surface area contributed by atoms with Crippen molar-refractivity contribution in [3.8, 4) is 0 Å². The Bertz CT molecular complexity index is 626. The Balaban J connectivity index is 3.04. The number of nitrogens with one attached hydrogen (secondary N) is 1. The zero-order valence-corrected chi connectivity index (χ0v) is 12.3. The number of aliphatic carboxylic acids is 1. The van der Waals surface area contributed by atoms with Gasteiger partial charge >= 0.3 is 5.97 Å². The molecule has 0 radical (unpaired) electrons. The van der Waals surface area contributed by atoms with Crippen LogP contribution in [0.15, 0.2) is 29.2 Å². The Morgan fingerprint density at radius 3 is 2.29 bits per heavy atom. The van der Waals surface area contributed by atoms with Crippen LogP contribution in [0.3, 0.4) is 0 Å². The van der Waals surface area contributed by atoms with E-state index in [4.69, 9.17) is 5.11 Å². The van der Waals surface area contributed by atoms with Crippen molar-refractivity contribution >= 4 is 21.7 Å². The maximum atomic E-state index is 12.1. The van der Waals surface area contributed by atoms with Crippen molar-refractivity contribution in [2.45, 2.75) is 31.2 Å². The molecule has 0 bridgehead atoms. The second-order valence-corrected chi connectivity index (χ2v) is 6.29. The van der Waals surface area contributed by atoms with Crippen LogP contribution in [-0.4, -0.2) is 30.5 Å². The SMILES string of the molecule is CCC(C)C(NS(=O)(=O)c1ccc([N+](=O)[O-])cc1)C(=O)O. The highest BCUT2D eigenvalue weighted by Gasteiger charge is 2.29. The summed E-state index contributed by atoms with van der Waals surface area (Å²) in [5.41, 5.74) is -0.245.